The van der Waals surface area contributed by atoms with Crippen molar-refractivity contribution in [2.45, 2.75) is 13.1 Å². The predicted molar refractivity (Wildman–Crippen MR) is 48.0 cm³/mol. The summed E-state index contributed by atoms with van der Waals surface area (Å²) in [5.74, 6) is -1.53. The fraction of sp³-hybridized carbons (Fsp3) is 0.300. The highest BCUT2D eigenvalue weighted by atomic mass is 19.4. The number of carbonyl (C=O) groups is 1. The van der Waals surface area contributed by atoms with Crippen molar-refractivity contribution < 1.29 is 27.1 Å². The van der Waals surface area contributed by atoms with Crippen molar-refractivity contribution in [2.75, 3.05) is 6.61 Å². The van der Waals surface area contributed by atoms with Crippen molar-refractivity contribution in [3.63, 3.8) is 0 Å². The van der Waals surface area contributed by atoms with E-state index >= 15 is 0 Å². The number of hydrogen-bond donors (Lipinski definition) is 0. The van der Waals surface area contributed by atoms with E-state index in [1.165, 1.54) is 0 Å². The van der Waals surface area contributed by atoms with Gasteiger partial charge in [-0.25, -0.2) is 4.39 Å². The molecule has 88 valence electrons. The van der Waals surface area contributed by atoms with Crippen LogP contribution in [-0.4, -0.2) is 18.6 Å². The second-order valence-corrected chi connectivity index (χ2v) is 3.10. The van der Waals surface area contributed by atoms with Crippen molar-refractivity contribution in [3.8, 4) is 5.75 Å². The van der Waals surface area contributed by atoms with E-state index in [4.69, 9.17) is 0 Å². The number of ether oxygens (including phenoxy) is 1. The molecule has 0 unspecified atom stereocenters. The summed E-state index contributed by atoms with van der Waals surface area (Å²) in [6.45, 7) is -0.395. The molecule has 1 aromatic carbocycles. The van der Waals surface area contributed by atoms with Crippen LogP contribution in [0.25, 0.3) is 0 Å². The van der Waals surface area contributed by atoms with Crippen LogP contribution in [0.2, 0.25) is 0 Å². The van der Waals surface area contributed by atoms with Crippen LogP contribution in [0, 0.1) is 5.82 Å². The number of carbonyl (C=O) groups excluding carboxylic acids is 1. The highest BCUT2D eigenvalue weighted by Gasteiger charge is 2.29. The molecular formula is C10H8F4O2. The van der Waals surface area contributed by atoms with Crippen molar-refractivity contribution in [1.29, 1.82) is 0 Å². The second kappa shape index (κ2) is 4.51. The molecule has 2 nitrogen and oxygen atoms in total. The Hall–Kier alpha value is -1.59. The van der Waals surface area contributed by atoms with E-state index in [0.717, 1.165) is 25.1 Å². The Morgan fingerprint density at radius 1 is 1.38 bits per heavy atom. The molecule has 0 N–H and O–H groups in total. The van der Waals surface area contributed by atoms with Crippen LogP contribution in [0.4, 0.5) is 17.6 Å². The Morgan fingerprint density at radius 2 is 2.00 bits per heavy atom. The first-order valence-corrected chi connectivity index (χ1v) is 4.29. The summed E-state index contributed by atoms with van der Waals surface area (Å²) in [7, 11) is 0. The summed E-state index contributed by atoms with van der Waals surface area (Å²) in [6, 6.07) is 2.77. The number of benzene rings is 1. The Labute approximate surface area is 88.8 Å². The number of rotatable bonds is 3. The molecule has 0 saturated heterocycles. The van der Waals surface area contributed by atoms with Crippen molar-refractivity contribution in [3.05, 3.63) is 29.6 Å². The molecule has 1 aromatic rings. The van der Waals surface area contributed by atoms with E-state index in [2.05, 4.69) is 4.74 Å². The Balaban J connectivity index is 2.91. The van der Waals surface area contributed by atoms with Gasteiger partial charge in [0.25, 0.3) is 0 Å². The first-order chi connectivity index (χ1) is 7.29. The summed E-state index contributed by atoms with van der Waals surface area (Å²) in [5.41, 5.74) is -0.204. The van der Waals surface area contributed by atoms with E-state index in [-0.39, 0.29) is 11.3 Å². The minimum Gasteiger partial charge on any atom is -0.483 e. The summed E-state index contributed by atoms with van der Waals surface area (Å²) in [6.07, 6.45) is -4.50. The van der Waals surface area contributed by atoms with Crippen LogP contribution in [-0.2, 0) is 0 Å². The maximum Gasteiger partial charge on any atom is 0.422 e. The van der Waals surface area contributed by atoms with Crippen molar-refractivity contribution in [1.82, 2.24) is 0 Å². The number of hydrogen-bond acceptors (Lipinski definition) is 2. The number of Topliss-reactive ketones (excluding diaryl/α,β-unsaturated/α-hetero) is 1. The zero-order valence-electron chi connectivity index (χ0n) is 8.27. The lowest BCUT2D eigenvalue weighted by atomic mass is 10.1. The topological polar surface area (TPSA) is 26.3 Å². The van der Waals surface area contributed by atoms with E-state index in [1.807, 2.05) is 0 Å². The first kappa shape index (κ1) is 12.5. The van der Waals surface area contributed by atoms with E-state index in [0.29, 0.717) is 0 Å². The smallest absolute Gasteiger partial charge is 0.422 e. The van der Waals surface area contributed by atoms with Crippen LogP contribution >= 0.6 is 0 Å². The average molecular weight is 236 g/mol. The van der Waals surface area contributed by atoms with Crippen LogP contribution in [0.5, 0.6) is 5.75 Å². The largest absolute Gasteiger partial charge is 0.483 e. The number of halogens is 4. The average Bonchev–Trinajstić information content (AvgIpc) is 2.14. The summed E-state index contributed by atoms with van der Waals surface area (Å²) in [4.78, 5) is 11.0. The standard InChI is InChI=1S/C10H8F4O2/c1-6(15)8-4-7(11)2-3-9(8)16-5-10(12,13)14/h2-4H,5H2,1H3. The molecule has 0 fully saturated rings. The van der Waals surface area contributed by atoms with E-state index in [9.17, 15) is 22.4 Å². The molecule has 0 atom stereocenters. The maximum absolute atomic E-state index is 12.8. The third-order valence-electron chi connectivity index (χ3n) is 1.71. The van der Waals surface area contributed by atoms with Crippen LogP contribution in [0.1, 0.15) is 17.3 Å². The van der Waals surface area contributed by atoms with Gasteiger partial charge in [0, 0.05) is 0 Å². The molecule has 0 amide bonds. The fourth-order valence-electron chi connectivity index (χ4n) is 1.06. The molecule has 1 rings (SSSR count). The number of alkyl halides is 3. The van der Waals surface area contributed by atoms with E-state index < -0.39 is 24.4 Å². The lowest BCUT2D eigenvalue weighted by Crippen LogP contribution is -2.20. The van der Waals surface area contributed by atoms with Crippen molar-refractivity contribution >= 4 is 5.78 Å². The van der Waals surface area contributed by atoms with Gasteiger partial charge in [0.1, 0.15) is 11.6 Å². The molecular weight excluding hydrogens is 228 g/mol. The van der Waals surface area contributed by atoms with E-state index in [1.54, 1.807) is 0 Å². The minimum atomic E-state index is -4.50. The second-order valence-electron chi connectivity index (χ2n) is 3.10. The van der Waals surface area contributed by atoms with Crippen molar-refractivity contribution in [2.24, 2.45) is 0 Å². The van der Waals surface area contributed by atoms with Gasteiger partial charge in [-0.05, 0) is 25.1 Å². The van der Waals surface area contributed by atoms with Crippen LogP contribution in [0.3, 0.4) is 0 Å². The first-order valence-electron chi connectivity index (χ1n) is 4.29. The molecule has 0 saturated carbocycles. The lowest BCUT2D eigenvalue weighted by Gasteiger charge is -2.11. The number of ketones is 1. The quantitative estimate of drug-likeness (QED) is 0.595. The highest BCUT2D eigenvalue weighted by molar-refractivity contribution is 5.96. The van der Waals surface area contributed by atoms with Gasteiger partial charge in [-0.3, -0.25) is 4.79 Å². The highest BCUT2D eigenvalue weighted by Crippen LogP contribution is 2.23. The van der Waals surface area contributed by atoms with Gasteiger partial charge in [0.15, 0.2) is 12.4 Å². The summed E-state index contributed by atoms with van der Waals surface area (Å²) >= 11 is 0. The molecule has 0 aliphatic heterocycles. The summed E-state index contributed by atoms with van der Waals surface area (Å²) < 4.78 is 52.8. The summed E-state index contributed by atoms with van der Waals surface area (Å²) in [5, 5.41) is 0. The van der Waals surface area contributed by atoms with Gasteiger partial charge in [-0.1, -0.05) is 0 Å². The Kier molecular flexibility index (Phi) is 3.51. The zero-order valence-corrected chi connectivity index (χ0v) is 8.27. The molecule has 0 spiro atoms. The molecule has 0 aliphatic rings. The molecule has 0 bridgehead atoms. The monoisotopic (exact) mass is 236 g/mol. The molecule has 0 heterocycles. The third-order valence-corrected chi connectivity index (χ3v) is 1.71. The normalized spacial score (nSPS) is 11.3. The van der Waals surface area contributed by atoms with Gasteiger partial charge in [0.2, 0.25) is 0 Å². The SMILES string of the molecule is CC(=O)c1cc(F)ccc1OCC(F)(F)F. The van der Waals surface area contributed by atoms with Gasteiger partial charge >= 0.3 is 6.18 Å². The van der Waals surface area contributed by atoms with Crippen LogP contribution < -0.4 is 4.74 Å². The Bertz CT molecular complexity index is 398. The molecule has 0 aliphatic carbocycles. The van der Waals surface area contributed by atoms with Gasteiger partial charge in [-0.15, -0.1) is 0 Å². The fourth-order valence-corrected chi connectivity index (χ4v) is 1.06. The molecule has 16 heavy (non-hydrogen) atoms. The van der Waals surface area contributed by atoms with Gasteiger partial charge in [-0.2, -0.15) is 13.2 Å². The minimum absolute atomic E-state index is 0.204. The Morgan fingerprint density at radius 3 is 2.50 bits per heavy atom. The lowest BCUT2D eigenvalue weighted by molar-refractivity contribution is -0.153. The maximum atomic E-state index is 12.8. The molecule has 0 aromatic heterocycles. The zero-order chi connectivity index (χ0) is 12.3. The molecule has 0 radical (unpaired) electrons. The predicted octanol–water partition coefficient (Wildman–Crippen LogP) is 2.97. The molecule has 6 heteroatoms. The van der Waals surface area contributed by atoms with Crippen LogP contribution in [0.15, 0.2) is 18.2 Å². The van der Waals surface area contributed by atoms with Gasteiger partial charge < -0.3 is 4.74 Å². The third kappa shape index (κ3) is 3.52. The van der Waals surface area contributed by atoms with Gasteiger partial charge in [0.05, 0.1) is 5.56 Å².